The maximum atomic E-state index is 11.2. The van der Waals surface area contributed by atoms with E-state index in [4.69, 9.17) is 4.74 Å². The largest absolute Gasteiger partial charge is 0.489 e. The molecule has 1 saturated heterocycles. The molecule has 0 spiro atoms. The number of nitrogens with one attached hydrogen (secondary N) is 1. The fourth-order valence-electron chi connectivity index (χ4n) is 2.27. The minimum absolute atomic E-state index is 0.0507. The van der Waals surface area contributed by atoms with Crippen LogP contribution in [0.1, 0.15) is 30.9 Å². The molecule has 5 heteroatoms. The summed E-state index contributed by atoms with van der Waals surface area (Å²) in [5.41, 5.74) is 0.664. The van der Waals surface area contributed by atoms with E-state index < -0.39 is 12.1 Å². The molecule has 0 aromatic heterocycles. The summed E-state index contributed by atoms with van der Waals surface area (Å²) in [6.45, 7) is 1.88. The van der Waals surface area contributed by atoms with Gasteiger partial charge < -0.3 is 19.9 Å². The van der Waals surface area contributed by atoms with Crippen LogP contribution >= 0.6 is 0 Å². The summed E-state index contributed by atoms with van der Waals surface area (Å²) in [4.78, 5) is 11.2. The maximum absolute atomic E-state index is 11.2. The number of piperidine rings is 1. The van der Waals surface area contributed by atoms with Gasteiger partial charge in [0.05, 0.1) is 19.6 Å². The summed E-state index contributed by atoms with van der Waals surface area (Å²) in [5.74, 6) is 0.292. The predicted molar refractivity (Wildman–Crippen MR) is 74.6 cm³/mol. The molecule has 0 amide bonds. The van der Waals surface area contributed by atoms with Gasteiger partial charge in [0.1, 0.15) is 11.9 Å². The molecule has 2 N–H and O–H groups in total. The van der Waals surface area contributed by atoms with Crippen molar-refractivity contribution in [3.8, 4) is 5.75 Å². The third-order valence-electron chi connectivity index (χ3n) is 3.38. The lowest BCUT2D eigenvalue weighted by Crippen LogP contribution is -2.37. The molecule has 1 heterocycles. The van der Waals surface area contributed by atoms with Crippen molar-refractivity contribution in [2.45, 2.75) is 31.5 Å². The second kappa shape index (κ2) is 7.26. The summed E-state index contributed by atoms with van der Waals surface area (Å²) in [7, 11) is 1.31. The van der Waals surface area contributed by atoms with Crippen molar-refractivity contribution in [3.05, 3.63) is 29.8 Å². The van der Waals surface area contributed by atoms with Gasteiger partial charge in [0.25, 0.3) is 0 Å². The highest BCUT2D eigenvalue weighted by Gasteiger charge is 2.17. The van der Waals surface area contributed by atoms with Crippen molar-refractivity contribution in [2.24, 2.45) is 0 Å². The number of hydrogen-bond acceptors (Lipinski definition) is 5. The minimum Gasteiger partial charge on any atom is -0.489 e. The van der Waals surface area contributed by atoms with E-state index in [0.717, 1.165) is 31.7 Å². The molecule has 1 fully saturated rings. The first kappa shape index (κ1) is 14.8. The topological polar surface area (TPSA) is 67.8 Å². The molecule has 20 heavy (non-hydrogen) atoms. The SMILES string of the molecule is COC(=O)C[C@@H](O)c1cccc(OC2CCCNC2)c1. The zero-order valence-electron chi connectivity index (χ0n) is 11.7. The number of carbonyl (C=O) groups is 1. The lowest BCUT2D eigenvalue weighted by atomic mass is 10.1. The second-order valence-electron chi connectivity index (χ2n) is 4.95. The van der Waals surface area contributed by atoms with E-state index in [9.17, 15) is 9.90 Å². The van der Waals surface area contributed by atoms with Crippen molar-refractivity contribution in [1.82, 2.24) is 5.32 Å². The molecule has 0 aliphatic carbocycles. The van der Waals surface area contributed by atoms with Crippen LogP contribution in [-0.2, 0) is 9.53 Å². The molecule has 1 aliphatic heterocycles. The van der Waals surface area contributed by atoms with Gasteiger partial charge in [-0.2, -0.15) is 0 Å². The zero-order valence-corrected chi connectivity index (χ0v) is 11.7. The quantitative estimate of drug-likeness (QED) is 0.798. The monoisotopic (exact) mass is 279 g/mol. The van der Waals surface area contributed by atoms with Gasteiger partial charge in [0.15, 0.2) is 0 Å². The van der Waals surface area contributed by atoms with Crippen LogP contribution in [0.2, 0.25) is 0 Å². The number of aliphatic hydroxyl groups excluding tert-OH is 1. The summed E-state index contributed by atoms with van der Waals surface area (Å²) in [6.07, 6.45) is 1.38. The van der Waals surface area contributed by atoms with Crippen LogP contribution < -0.4 is 10.1 Å². The molecule has 1 aromatic carbocycles. The summed E-state index contributed by atoms with van der Waals surface area (Å²) < 4.78 is 10.4. The highest BCUT2D eigenvalue weighted by Crippen LogP contribution is 2.23. The Kier molecular flexibility index (Phi) is 5.38. The summed E-state index contributed by atoms with van der Waals surface area (Å²) in [5, 5.41) is 13.3. The van der Waals surface area contributed by atoms with Gasteiger partial charge in [-0.15, -0.1) is 0 Å². The van der Waals surface area contributed by atoms with E-state index in [1.807, 2.05) is 12.1 Å². The Morgan fingerprint density at radius 3 is 3.10 bits per heavy atom. The van der Waals surface area contributed by atoms with Crippen LogP contribution in [-0.4, -0.2) is 37.4 Å². The molecular weight excluding hydrogens is 258 g/mol. The summed E-state index contributed by atoms with van der Waals surface area (Å²) in [6, 6.07) is 7.24. The lowest BCUT2D eigenvalue weighted by molar-refractivity contribution is -0.142. The first-order chi connectivity index (χ1) is 9.69. The smallest absolute Gasteiger partial charge is 0.308 e. The van der Waals surface area contributed by atoms with Crippen molar-refractivity contribution in [2.75, 3.05) is 20.2 Å². The fraction of sp³-hybridized carbons (Fsp3) is 0.533. The van der Waals surface area contributed by atoms with Crippen molar-refractivity contribution >= 4 is 5.97 Å². The summed E-state index contributed by atoms with van der Waals surface area (Å²) >= 11 is 0. The van der Waals surface area contributed by atoms with Gasteiger partial charge in [-0.05, 0) is 37.1 Å². The molecule has 0 radical (unpaired) electrons. The normalized spacial score (nSPS) is 20.2. The van der Waals surface area contributed by atoms with Gasteiger partial charge in [0, 0.05) is 6.54 Å². The molecular formula is C15H21NO4. The number of rotatable bonds is 5. The third-order valence-corrected chi connectivity index (χ3v) is 3.38. The van der Waals surface area contributed by atoms with E-state index in [1.54, 1.807) is 12.1 Å². The van der Waals surface area contributed by atoms with Gasteiger partial charge in [-0.3, -0.25) is 4.79 Å². The molecule has 110 valence electrons. The fourth-order valence-corrected chi connectivity index (χ4v) is 2.27. The second-order valence-corrected chi connectivity index (χ2v) is 4.95. The molecule has 2 atom stereocenters. The average Bonchev–Trinajstić information content (AvgIpc) is 2.48. The molecule has 1 aromatic rings. The Hall–Kier alpha value is -1.59. The number of esters is 1. The standard InChI is InChI=1S/C15H21NO4/c1-19-15(18)9-14(17)11-4-2-5-12(8-11)20-13-6-3-7-16-10-13/h2,4-5,8,13-14,16-17H,3,6-7,9-10H2,1H3/t13?,14-/m1/s1. The Balaban J connectivity index is 1.97. The average molecular weight is 279 g/mol. The van der Waals surface area contributed by atoms with Crippen LogP contribution in [0.4, 0.5) is 0 Å². The lowest BCUT2D eigenvalue weighted by Gasteiger charge is -2.24. The van der Waals surface area contributed by atoms with Crippen LogP contribution in [0, 0.1) is 0 Å². The van der Waals surface area contributed by atoms with E-state index >= 15 is 0 Å². The van der Waals surface area contributed by atoms with E-state index in [-0.39, 0.29) is 12.5 Å². The zero-order chi connectivity index (χ0) is 14.4. The van der Waals surface area contributed by atoms with Crippen LogP contribution in [0.25, 0.3) is 0 Å². The number of benzene rings is 1. The Bertz CT molecular complexity index is 443. The van der Waals surface area contributed by atoms with Crippen molar-refractivity contribution in [3.63, 3.8) is 0 Å². The number of ether oxygens (including phenoxy) is 2. The molecule has 0 saturated carbocycles. The van der Waals surface area contributed by atoms with E-state index in [1.165, 1.54) is 7.11 Å². The highest BCUT2D eigenvalue weighted by atomic mass is 16.5. The van der Waals surface area contributed by atoms with E-state index in [0.29, 0.717) is 5.56 Å². The number of carbonyl (C=O) groups excluding carboxylic acids is 1. The van der Waals surface area contributed by atoms with E-state index in [2.05, 4.69) is 10.1 Å². The Labute approximate surface area is 118 Å². The number of methoxy groups -OCH3 is 1. The number of hydrogen-bond donors (Lipinski definition) is 2. The predicted octanol–water partition coefficient (Wildman–Crippen LogP) is 1.41. The number of aliphatic hydroxyl groups is 1. The maximum Gasteiger partial charge on any atom is 0.308 e. The molecule has 2 rings (SSSR count). The Morgan fingerprint density at radius 2 is 2.40 bits per heavy atom. The van der Waals surface area contributed by atoms with Crippen LogP contribution in [0.3, 0.4) is 0 Å². The first-order valence-corrected chi connectivity index (χ1v) is 6.91. The van der Waals surface area contributed by atoms with Crippen LogP contribution in [0.15, 0.2) is 24.3 Å². The Morgan fingerprint density at radius 1 is 1.55 bits per heavy atom. The van der Waals surface area contributed by atoms with Gasteiger partial charge in [-0.25, -0.2) is 0 Å². The van der Waals surface area contributed by atoms with Gasteiger partial charge >= 0.3 is 5.97 Å². The van der Waals surface area contributed by atoms with Crippen molar-refractivity contribution < 1.29 is 19.4 Å². The molecule has 1 unspecified atom stereocenters. The molecule has 5 nitrogen and oxygen atoms in total. The minimum atomic E-state index is -0.865. The van der Waals surface area contributed by atoms with Gasteiger partial charge in [0.2, 0.25) is 0 Å². The van der Waals surface area contributed by atoms with Crippen LogP contribution in [0.5, 0.6) is 5.75 Å². The van der Waals surface area contributed by atoms with Gasteiger partial charge in [-0.1, -0.05) is 12.1 Å². The third kappa shape index (κ3) is 4.21. The molecule has 0 bridgehead atoms. The molecule has 1 aliphatic rings. The highest BCUT2D eigenvalue weighted by molar-refractivity contribution is 5.70. The first-order valence-electron chi connectivity index (χ1n) is 6.91. The van der Waals surface area contributed by atoms with Crippen molar-refractivity contribution in [1.29, 1.82) is 0 Å².